The number of likely N-dealkylation sites (tertiary alicyclic amines) is 1. The fourth-order valence-electron chi connectivity index (χ4n) is 4.85. The summed E-state index contributed by atoms with van der Waals surface area (Å²) in [6.45, 7) is 3.50. The highest BCUT2D eigenvalue weighted by Gasteiger charge is 2.62. The zero-order valence-electron chi connectivity index (χ0n) is 14.3. The van der Waals surface area contributed by atoms with Crippen LogP contribution in [-0.4, -0.2) is 28.7 Å². The smallest absolute Gasteiger partial charge is 0.247 e. The highest BCUT2D eigenvalue weighted by atomic mass is 35.5. The van der Waals surface area contributed by atoms with Crippen LogP contribution in [0.1, 0.15) is 31.7 Å². The van der Waals surface area contributed by atoms with E-state index in [0.717, 1.165) is 24.8 Å². The van der Waals surface area contributed by atoms with Gasteiger partial charge in [-0.1, -0.05) is 17.7 Å². The van der Waals surface area contributed by atoms with Gasteiger partial charge in [0.15, 0.2) is 0 Å². The summed E-state index contributed by atoms with van der Waals surface area (Å²) in [5.74, 6) is -0.441. The molecule has 1 heterocycles. The van der Waals surface area contributed by atoms with Crippen molar-refractivity contribution in [3.05, 3.63) is 28.8 Å². The maximum atomic E-state index is 12.8. The van der Waals surface area contributed by atoms with Crippen LogP contribution < -0.4 is 5.32 Å². The highest BCUT2D eigenvalue weighted by molar-refractivity contribution is 6.31. The molecule has 2 aliphatic carbocycles. The molecule has 25 heavy (non-hydrogen) atoms. The lowest BCUT2D eigenvalue weighted by Gasteiger charge is -2.23. The van der Waals surface area contributed by atoms with Gasteiger partial charge in [-0.3, -0.25) is 19.3 Å². The first-order chi connectivity index (χ1) is 11.9. The molecular weight excluding hydrogens is 340 g/mol. The minimum absolute atomic E-state index is 0.160. The number of aryl methyl sites for hydroxylation is 1. The molecule has 6 heteroatoms. The number of halogens is 1. The van der Waals surface area contributed by atoms with E-state index in [1.807, 2.05) is 13.0 Å². The predicted molar refractivity (Wildman–Crippen MR) is 93.9 cm³/mol. The van der Waals surface area contributed by atoms with E-state index in [0.29, 0.717) is 22.5 Å². The van der Waals surface area contributed by atoms with Crippen molar-refractivity contribution >= 4 is 35.0 Å². The molecule has 0 aromatic heterocycles. The molecule has 2 saturated carbocycles. The summed E-state index contributed by atoms with van der Waals surface area (Å²) < 4.78 is 0. The van der Waals surface area contributed by atoms with Crippen molar-refractivity contribution in [3.63, 3.8) is 0 Å². The topological polar surface area (TPSA) is 66.5 Å². The molecule has 132 valence electrons. The van der Waals surface area contributed by atoms with Crippen molar-refractivity contribution in [3.8, 4) is 0 Å². The number of nitrogens with zero attached hydrogens (tertiary/aromatic N) is 1. The van der Waals surface area contributed by atoms with Crippen LogP contribution >= 0.6 is 11.6 Å². The molecule has 0 spiro atoms. The minimum Gasteiger partial charge on any atom is -0.324 e. The monoisotopic (exact) mass is 360 g/mol. The number of imide groups is 1. The van der Waals surface area contributed by atoms with Gasteiger partial charge in [0, 0.05) is 10.7 Å². The van der Waals surface area contributed by atoms with E-state index >= 15 is 0 Å². The van der Waals surface area contributed by atoms with Crippen LogP contribution in [0.15, 0.2) is 18.2 Å². The number of benzene rings is 1. The first-order valence-corrected chi connectivity index (χ1v) is 9.20. The SMILES string of the molecule is Cc1ccc(NC(=O)[C@@H](C)N2C(=O)[C@H]3[C@@H]4CC[C@@H](C4)[C@@H]3C2=O)cc1Cl. The quantitative estimate of drug-likeness (QED) is 0.842. The molecule has 3 amide bonds. The van der Waals surface area contributed by atoms with Crippen molar-refractivity contribution in [2.24, 2.45) is 23.7 Å². The molecule has 2 bridgehead atoms. The molecule has 1 aliphatic heterocycles. The Morgan fingerprint density at radius 2 is 1.80 bits per heavy atom. The largest absolute Gasteiger partial charge is 0.324 e. The van der Waals surface area contributed by atoms with Crippen molar-refractivity contribution in [1.29, 1.82) is 0 Å². The fraction of sp³-hybridized carbons (Fsp3) is 0.526. The van der Waals surface area contributed by atoms with Crippen LogP contribution in [0, 0.1) is 30.6 Å². The Balaban J connectivity index is 1.51. The number of anilines is 1. The third kappa shape index (κ3) is 2.48. The zero-order valence-corrected chi connectivity index (χ0v) is 15.0. The molecule has 5 nitrogen and oxygen atoms in total. The van der Waals surface area contributed by atoms with Crippen LogP contribution in [0.3, 0.4) is 0 Å². The number of nitrogens with one attached hydrogen (secondary N) is 1. The number of carbonyl (C=O) groups excluding carboxylic acids is 3. The first kappa shape index (κ1) is 16.6. The summed E-state index contributed by atoms with van der Waals surface area (Å²) in [4.78, 5) is 39.4. The number of fused-ring (bicyclic) bond motifs is 5. The summed E-state index contributed by atoms with van der Waals surface area (Å²) in [6, 6.07) is 4.43. The number of carbonyl (C=O) groups is 3. The van der Waals surface area contributed by atoms with Crippen molar-refractivity contribution in [1.82, 2.24) is 4.90 Å². The highest BCUT2D eigenvalue weighted by Crippen LogP contribution is 2.56. The maximum absolute atomic E-state index is 12.8. The molecule has 0 radical (unpaired) electrons. The summed E-state index contributed by atoms with van der Waals surface area (Å²) in [6.07, 6.45) is 3.05. The average molecular weight is 361 g/mol. The van der Waals surface area contributed by atoms with E-state index in [4.69, 9.17) is 11.6 Å². The van der Waals surface area contributed by atoms with Gasteiger partial charge in [0.25, 0.3) is 0 Å². The second-order valence-corrected chi connectivity index (χ2v) is 7.97. The van der Waals surface area contributed by atoms with Crippen LogP contribution in [0.5, 0.6) is 0 Å². The van der Waals surface area contributed by atoms with Gasteiger partial charge in [-0.25, -0.2) is 0 Å². The minimum atomic E-state index is -0.815. The van der Waals surface area contributed by atoms with E-state index in [2.05, 4.69) is 5.32 Å². The van der Waals surface area contributed by atoms with Gasteiger partial charge in [-0.2, -0.15) is 0 Å². The molecule has 1 aromatic rings. The van der Waals surface area contributed by atoms with Crippen LogP contribution in [-0.2, 0) is 14.4 Å². The average Bonchev–Trinajstić information content (AvgIpc) is 3.24. The summed E-state index contributed by atoms with van der Waals surface area (Å²) in [5, 5.41) is 3.32. The third-order valence-corrected chi connectivity index (χ3v) is 6.57. The van der Waals surface area contributed by atoms with E-state index in [-0.39, 0.29) is 29.6 Å². The Hall–Kier alpha value is -1.88. The molecule has 1 N–H and O–H groups in total. The molecule has 3 aliphatic rings. The van der Waals surface area contributed by atoms with Crippen molar-refractivity contribution in [2.75, 3.05) is 5.32 Å². The van der Waals surface area contributed by atoms with Gasteiger partial charge in [-0.15, -0.1) is 0 Å². The molecule has 0 unspecified atom stereocenters. The molecule has 4 rings (SSSR count). The lowest BCUT2D eigenvalue weighted by molar-refractivity contribution is -0.146. The lowest BCUT2D eigenvalue weighted by Crippen LogP contribution is -2.46. The summed E-state index contributed by atoms with van der Waals surface area (Å²) in [7, 11) is 0. The van der Waals surface area contributed by atoms with E-state index in [1.54, 1.807) is 19.1 Å². The summed E-state index contributed by atoms with van der Waals surface area (Å²) >= 11 is 6.08. The zero-order chi connectivity index (χ0) is 17.9. The molecule has 1 aromatic carbocycles. The van der Waals surface area contributed by atoms with E-state index in [9.17, 15) is 14.4 Å². The van der Waals surface area contributed by atoms with E-state index < -0.39 is 6.04 Å². The maximum Gasteiger partial charge on any atom is 0.247 e. The van der Waals surface area contributed by atoms with E-state index in [1.165, 1.54) is 4.90 Å². The standard InChI is InChI=1S/C19H21ClN2O3/c1-9-3-6-13(8-14(9)20)21-17(23)10(2)22-18(24)15-11-4-5-12(7-11)16(15)19(22)25/h3,6,8,10-12,15-16H,4-5,7H2,1-2H3,(H,21,23)/t10-,11-,12+,15+,16+/m1/s1. The predicted octanol–water partition coefficient (Wildman–Crippen LogP) is 3.01. The Bertz CT molecular complexity index is 750. The number of amides is 3. The fourth-order valence-corrected chi connectivity index (χ4v) is 5.03. The Morgan fingerprint density at radius 3 is 2.36 bits per heavy atom. The number of hydrogen-bond acceptors (Lipinski definition) is 3. The van der Waals surface area contributed by atoms with Gasteiger partial charge in [0.1, 0.15) is 6.04 Å². The van der Waals surface area contributed by atoms with Gasteiger partial charge in [0.2, 0.25) is 17.7 Å². The lowest BCUT2D eigenvalue weighted by atomic mass is 9.81. The van der Waals surface area contributed by atoms with Crippen LogP contribution in [0.4, 0.5) is 5.69 Å². The first-order valence-electron chi connectivity index (χ1n) is 8.82. The second kappa shape index (κ2) is 5.84. The second-order valence-electron chi connectivity index (χ2n) is 7.56. The normalized spacial score (nSPS) is 31.4. The molecule has 1 saturated heterocycles. The molecule has 3 fully saturated rings. The van der Waals surface area contributed by atoms with Gasteiger partial charge in [-0.05, 0) is 62.6 Å². The Morgan fingerprint density at radius 1 is 1.20 bits per heavy atom. The van der Waals surface area contributed by atoms with Crippen molar-refractivity contribution < 1.29 is 14.4 Å². The Kier molecular flexibility index (Phi) is 3.87. The van der Waals surface area contributed by atoms with Gasteiger partial charge < -0.3 is 5.32 Å². The Labute approximate surface area is 151 Å². The number of hydrogen-bond donors (Lipinski definition) is 1. The third-order valence-electron chi connectivity index (χ3n) is 6.17. The van der Waals surface area contributed by atoms with Crippen LogP contribution in [0.25, 0.3) is 0 Å². The summed E-state index contributed by atoms with van der Waals surface area (Å²) in [5.41, 5.74) is 1.48. The number of rotatable bonds is 3. The van der Waals surface area contributed by atoms with Crippen molar-refractivity contribution in [2.45, 2.75) is 39.2 Å². The van der Waals surface area contributed by atoms with Crippen LogP contribution in [0.2, 0.25) is 5.02 Å². The molecular formula is C19H21ClN2O3. The van der Waals surface area contributed by atoms with Gasteiger partial charge >= 0.3 is 0 Å². The van der Waals surface area contributed by atoms with Gasteiger partial charge in [0.05, 0.1) is 11.8 Å². The molecule has 5 atom stereocenters.